The highest BCUT2D eigenvalue weighted by atomic mass is 32.2. The number of halogens is 1. The first-order valence-electron chi connectivity index (χ1n) is 10.1. The Balaban J connectivity index is 2.47. The number of likely N-dealkylation sites (N-methyl/N-ethyl adjacent to an activating group) is 1. The number of nitrogens with one attached hydrogen (secondary N) is 1. The van der Waals surface area contributed by atoms with Crippen LogP contribution in [0.25, 0.3) is 0 Å². The second-order valence-electron chi connectivity index (χ2n) is 7.41. The summed E-state index contributed by atoms with van der Waals surface area (Å²) >= 11 is 0. The molecule has 0 spiro atoms. The number of para-hydroxylation sites is 1. The molecule has 0 radical (unpaired) electrons. The van der Waals surface area contributed by atoms with Crippen molar-refractivity contribution in [3.8, 4) is 5.75 Å². The maximum Gasteiger partial charge on any atom is 0.304 e. The summed E-state index contributed by atoms with van der Waals surface area (Å²) in [5.41, 5.74) is 0.403. The molecule has 0 aliphatic heterocycles. The first-order valence-corrected chi connectivity index (χ1v) is 11.5. The molecular formula is C22H29FN4O5S. The summed E-state index contributed by atoms with van der Waals surface area (Å²) in [6.45, 7) is 0.843. The lowest BCUT2D eigenvalue weighted by Gasteiger charge is -2.32. The van der Waals surface area contributed by atoms with Crippen molar-refractivity contribution >= 4 is 27.7 Å². The van der Waals surface area contributed by atoms with E-state index in [9.17, 15) is 22.4 Å². The van der Waals surface area contributed by atoms with Gasteiger partial charge in [-0.2, -0.15) is 12.7 Å². The molecule has 11 heteroatoms. The maximum atomic E-state index is 14.5. The molecular weight excluding hydrogens is 451 g/mol. The lowest BCUT2D eigenvalue weighted by molar-refractivity contribution is -0.139. The number of amides is 2. The third-order valence-electron chi connectivity index (χ3n) is 5.04. The number of benzene rings is 2. The van der Waals surface area contributed by atoms with Gasteiger partial charge in [-0.3, -0.25) is 9.59 Å². The van der Waals surface area contributed by atoms with Gasteiger partial charge in [-0.15, -0.1) is 0 Å². The van der Waals surface area contributed by atoms with E-state index in [1.54, 1.807) is 24.3 Å². The highest BCUT2D eigenvalue weighted by Gasteiger charge is 2.33. The molecule has 0 fully saturated rings. The minimum Gasteiger partial charge on any atom is -0.497 e. The van der Waals surface area contributed by atoms with Crippen molar-refractivity contribution in [2.45, 2.75) is 19.5 Å². The Hall–Kier alpha value is -3.18. The van der Waals surface area contributed by atoms with Crippen LogP contribution in [0.5, 0.6) is 5.75 Å². The van der Waals surface area contributed by atoms with Gasteiger partial charge in [0.15, 0.2) is 0 Å². The van der Waals surface area contributed by atoms with Crippen LogP contribution in [-0.2, 0) is 26.3 Å². The number of nitrogens with zero attached hydrogens (tertiary/aromatic N) is 3. The normalized spacial score (nSPS) is 12.2. The Kier molecular flexibility index (Phi) is 8.77. The Labute approximate surface area is 193 Å². The standard InChI is InChI=1S/C22H29FN4O5S/c1-16(22(29)24-2)26(14-17-9-8-10-18(13-17)32-5)21(28)15-27(33(30,31)25(3)4)20-12-7-6-11-19(20)23/h6-13,16H,14-15H2,1-5H3,(H,24,29)/t16-/m1/s1. The molecule has 0 heterocycles. The number of carbonyl (C=O) groups excluding carboxylic acids is 2. The topological polar surface area (TPSA) is 99.3 Å². The summed E-state index contributed by atoms with van der Waals surface area (Å²) in [7, 11) is 1.30. The SMILES string of the molecule is CNC(=O)[C@@H](C)N(Cc1cccc(OC)c1)C(=O)CN(c1ccccc1F)S(=O)(=O)N(C)C. The lowest BCUT2D eigenvalue weighted by atomic mass is 10.1. The van der Waals surface area contributed by atoms with Crippen LogP contribution < -0.4 is 14.4 Å². The zero-order chi connectivity index (χ0) is 24.8. The van der Waals surface area contributed by atoms with Crippen LogP contribution in [0.4, 0.5) is 10.1 Å². The van der Waals surface area contributed by atoms with Gasteiger partial charge in [-0.25, -0.2) is 8.70 Å². The third kappa shape index (κ3) is 6.20. The Morgan fingerprint density at radius 3 is 2.36 bits per heavy atom. The average molecular weight is 481 g/mol. The van der Waals surface area contributed by atoms with E-state index in [2.05, 4.69) is 5.32 Å². The van der Waals surface area contributed by atoms with Crippen LogP contribution >= 0.6 is 0 Å². The van der Waals surface area contributed by atoms with Crippen LogP contribution in [0, 0.1) is 5.82 Å². The molecule has 0 unspecified atom stereocenters. The van der Waals surface area contributed by atoms with Crippen LogP contribution in [0.2, 0.25) is 0 Å². The monoisotopic (exact) mass is 480 g/mol. The fraction of sp³-hybridized carbons (Fsp3) is 0.364. The Morgan fingerprint density at radius 2 is 1.79 bits per heavy atom. The van der Waals surface area contributed by atoms with E-state index in [-0.39, 0.29) is 12.2 Å². The largest absolute Gasteiger partial charge is 0.497 e. The second-order valence-corrected chi connectivity index (χ2v) is 9.48. The molecule has 0 aliphatic carbocycles. The maximum absolute atomic E-state index is 14.5. The molecule has 0 bridgehead atoms. The highest BCUT2D eigenvalue weighted by Crippen LogP contribution is 2.24. The average Bonchev–Trinajstić information content (AvgIpc) is 2.80. The van der Waals surface area contributed by atoms with Crippen LogP contribution in [0.3, 0.4) is 0 Å². The van der Waals surface area contributed by atoms with E-state index in [1.165, 1.54) is 58.3 Å². The first kappa shape index (κ1) is 26.1. The van der Waals surface area contributed by atoms with Gasteiger partial charge in [-0.05, 0) is 36.8 Å². The Bertz CT molecular complexity index is 1090. The molecule has 2 aromatic rings. The molecule has 0 aromatic heterocycles. The van der Waals surface area contributed by atoms with Gasteiger partial charge in [-0.1, -0.05) is 24.3 Å². The van der Waals surface area contributed by atoms with Gasteiger partial charge < -0.3 is 15.0 Å². The van der Waals surface area contributed by atoms with Crippen LogP contribution in [0.1, 0.15) is 12.5 Å². The number of hydrogen-bond donors (Lipinski definition) is 1. The predicted octanol–water partition coefficient (Wildman–Crippen LogP) is 1.61. The number of hydrogen-bond acceptors (Lipinski definition) is 5. The predicted molar refractivity (Wildman–Crippen MR) is 123 cm³/mol. The molecule has 2 aromatic carbocycles. The molecule has 2 rings (SSSR count). The van der Waals surface area contributed by atoms with Gasteiger partial charge in [0.25, 0.3) is 0 Å². The third-order valence-corrected chi connectivity index (χ3v) is 6.85. The second kappa shape index (κ2) is 11.1. The number of rotatable bonds is 10. The van der Waals surface area contributed by atoms with Crippen molar-refractivity contribution in [3.63, 3.8) is 0 Å². The van der Waals surface area contributed by atoms with E-state index < -0.39 is 40.4 Å². The van der Waals surface area contributed by atoms with E-state index >= 15 is 0 Å². The van der Waals surface area contributed by atoms with Crippen LogP contribution in [-0.4, -0.2) is 70.3 Å². The Morgan fingerprint density at radius 1 is 1.12 bits per heavy atom. The molecule has 180 valence electrons. The number of methoxy groups -OCH3 is 1. The fourth-order valence-electron chi connectivity index (χ4n) is 3.11. The molecule has 0 aliphatic rings. The van der Waals surface area contributed by atoms with Crippen molar-refractivity contribution < 1.29 is 27.1 Å². The summed E-state index contributed by atoms with van der Waals surface area (Å²) in [5.74, 6) is -1.34. The molecule has 9 nitrogen and oxygen atoms in total. The zero-order valence-electron chi connectivity index (χ0n) is 19.3. The van der Waals surface area contributed by atoms with Crippen molar-refractivity contribution in [1.82, 2.24) is 14.5 Å². The summed E-state index contributed by atoms with van der Waals surface area (Å²) in [6, 6.07) is 11.3. The minimum atomic E-state index is -4.22. The van der Waals surface area contributed by atoms with E-state index in [4.69, 9.17) is 4.74 Å². The van der Waals surface area contributed by atoms with Gasteiger partial charge in [0, 0.05) is 27.7 Å². The van der Waals surface area contributed by atoms with Crippen molar-refractivity contribution in [1.29, 1.82) is 0 Å². The lowest BCUT2D eigenvalue weighted by Crippen LogP contribution is -2.52. The molecule has 1 N–H and O–H groups in total. The van der Waals surface area contributed by atoms with E-state index in [1.807, 2.05) is 0 Å². The van der Waals surface area contributed by atoms with Gasteiger partial charge in [0.2, 0.25) is 11.8 Å². The molecule has 0 saturated carbocycles. The van der Waals surface area contributed by atoms with Crippen molar-refractivity contribution in [2.24, 2.45) is 0 Å². The summed E-state index contributed by atoms with van der Waals surface area (Å²) in [4.78, 5) is 27.0. The van der Waals surface area contributed by atoms with Crippen molar-refractivity contribution in [2.75, 3.05) is 39.1 Å². The van der Waals surface area contributed by atoms with Gasteiger partial charge in [0.1, 0.15) is 24.2 Å². The molecule has 2 amide bonds. The van der Waals surface area contributed by atoms with Gasteiger partial charge in [0.05, 0.1) is 12.8 Å². The summed E-state index contributed by atoms with van der Waals surface area (Å²) in [6.07, 6.45) is 0. The smallest absolute Gasteiger partial charge is 0.304 e. The number of carbonyl (C=O) groups is 2. The summed E-state index contributed by atoms with van der Waals surface area (Å²) < 4.78 is 47.3. The first-order chi connectivity index (χ1) is 15.5. The molecule has 1 atom stereocenters. The summed E-state index contributed by atoms with van der Waals surface area (Å²) in [5, 5.41) is 2.49. The number of ether oxygens (including phenoxy) is 1. The quantitative estimate of drug-likeness (QED) is 0.557. The van der Waals surface area contributed by atoms with Crippen LogP contribution in [0.15, 0.2) is 48.5 Å². The molecule has 33 heavy (non-hydrogen) atoms. The zero-order valence-corrected chi connectivity index (χ0v) is 20.1. The number of anilines is 1. The van der Waals surface area contributed by atoms with E-state index in [0.717, 1.165) is 10.4 Å². The molecule has 0 saturated heterocycles. The highest BCUT2D eigenvalue weighted by molar-refractivity contribution is 7.90. The van der Waals surface area contributed by atoms with Crippen molar-refractivity contribution in [3.05, 3.63) is 59.9 Å². The van der Waals surface area contributed by atoms with Gasteiger partial charge >= 0.3 is 10.2 Å². The minimum absolute atomic E-state index is 0.0117. The van der Waals surface area contributed by atoms with E-state index in [0.29, 0.717) is 15.6 Å². The fourth-order valence-corrected chi connectivity index (χ4v) is 4.18.